The van der Waals surface area contributed by atoms with Gasteiger partial charge in [-0.3, -0.25) is 9.59 Å². The van der Waals surface area contributed by atoms with Gasteiger partial charge in [0.2, 0.25) is 0 Å². The molecule has 1 N–H and O–H groups in total. The highest BCUT2D eigenvalue weighted by atomic mass is 16.7. The summed E-state index contributed by atoms with van der Waals surface area (Å²) in [6.45, 7) is 1.58. The van der Waals surface area contributed by atoms with Crippen molar-refractivity contribution in [2.75, 3.05) is 13.2 Å². The number of fused-ring (bicyclic) bond motifs is 4. The summed E-state index contributed by atoms with van der Waals surface area (Å²) in [6.07, 6.45) is -0.674. The van der Waals surface area contributed by atoms with Crippen LogP contribution in [0.1, 0.15) is 44.7 Å². The second-order valence-corrected chi connectivity index (χ2v) is 8.47. The molecule has 0 fully saturated rings. The average molecular weight is 470 g/mol. The topological polar surface area (TPSA) is 102 Å². The quantitative estimate of drug-likeness (QED) is 0.548. The highest BCUT2D eigenvalue weighted by Crippen LogP contribution is 2.44. The molecule has 1 unspecified atom stereocenters. The number of hydrogen-bond acceptors (Lipinski definition) is 6. The Hall–Kier alpha value is -4.46. The summed E-state index contributed by atoms with van der Waals surface area (Å²) in [5.74, 6) is -3.12. The number of carbonyl (C=O) groups is 4. The van der Waals surface area contributed by atoms with E-state index in [1.54, 1.807) is 12.1 Å². The van der Waals surface area contributed by atoms with Crippen molar-refractivity contribution in [2.24, 2.45) is 5.92 Å². The van der Waals surface area contributed by atoms with Gasteiger partial charge in [-0.05, 0) is 34.4 Å². The number of rotatable bonds is 6. The van der Waals surface area contributed by atoms with Crippen LogP contribution in [0, 0.1) is 5.92 Å². The predicted octanol–water partition coefficient (Wildman–Crippen LogP) is 3.92. The zero-order chi connectivity index (χ0) is 24.5. The Kier molecular flexibility index (Phi) is 5.78. The molecule has 0 saturated carbocycles. The number of hydroxylamine groups is 2. The number of imide groups is 1. The number of amides is 3. The van der Waals surface area contributed by atoms with E-state index in [1.165, 1.54) is 19.1 Å². The molecule has 3 aromatic carbocycles. The largest absolute Gasteiger partial charge is 0.449 e. The lowest BCUT2D eigenvalue weighted by Crippen LogP contribution is -2.38. The number of nitrogens with zero attached hydrogens (tertiary/aromatic N) is 1. The summed E-state index contributed by atoms with van der Waals surface area (Å²) in [6, 6.07) is 22.3. The van der Waals surface area contributed by atoms with E-state index in [0.717, 1.165) is 22.3 Å². The second kappa shape index (κ2) is 9.06. The van der Waals surface area contributed by atoms with Crippen LogP contribution < -0.4 is 5.32 Å². The molecule has 0 radical (unpaired) electrons. The highest BCUT2D eigenvalue weighted by Gasteiger charge is 2.39. The fraction of sp³-hybridized carbons (Fsp3) is 0.185. The van der Waals surface area contributed by atoms with Gasteiger partial charge in [-0.25, -0.2) is 9.59 Å². The van der Waals surface area contributed by atoms with Gasteiger partial charge in [-0.2, -0.15) is 0 Å². The molecule has 5 rings (SSSR count). The number of alkyl carbamates (subject to hydrolysis) is 1. The zero-order valence-electron chi connectivity index (χ0n) is 18.9. The summed E-state index contributed by atoms with van der Waals surface area (Å²) >= 11 is 0. The molecule has 0 spiro atoms. The Balaban J connectivity index is 1.14. The smallest absolute Gasteiger partial charge is 0.407 e. The van der Waals surface area contributed by atoms with Crippen molar-refractivity contribution in [3.05, 3.63) is 95.1 Å². The minimum Gasteiger partial charge on any atom is -0.449 e. The fourth-order valence-electron chi connectivity index (χ4n) is 4.40. The lowest BCUT2D eigenvalue weighted by Gasteiger charge is -2.17. The number of benzene rings is 3. The minimum absolute atomic E-state index is 0.0793. The van der Waals surface area contributed by atoms with Gasteiger partial charge < -0.3 is 14.9 Å². The van der Waals surface area contributed by atoms with Crippen molar-refractivity contribution < 1.29 is 28.8 Å². The highest BCUT2D eigenvalue weighted by molar-refractivity contribution is 6.20. The summed E-state index contributed by atoms with van der Waals surface area (Å²) < 4.78 is 5.46. The molecule has 0 aromatic heterocycles. The molecule has 2 aliphatic rings. The third kappa shape index (κ3) is 4.03. The predicted molar refractivity (Wildman–Crippen MR) is 125 cm³/mol. The zero-order valence-corrected chi connectivity index (χ0v) is 18.9. The first-order chi connectivity index (χ1) is 17.0. The lowest BCUT2D eigenvalue weighted by atomic mass is 9.98. The normalized spacial score (nSPS) is 14.7. The van der Waals surface area contributed by atoms with Gasteiger partial charge in [-0.1, -0.05) is 72.7 Å². The maximum atomic E-state index is 12.4. The van der Waals surface area contributed by atoms with Crippen LogP contribution >= 0.6 is 0 Å². The maximum Gasteiger partial charge on any atom is 0.407 e. The van der Waals surface area contributed by atoms with E-state index < -0.39 is 29.8 Å². The number of hydrogen-bond donors (Lipinski definition) is 1. The monoisotopic (exact) mass is 470 g/mol. The molecule has 3 amide bonds. The van der Waals surface area contributed by atoms with Gasteiger partial charge in [0, 0.05) is 12.5 Å². The van der Waals surface area contributed by atoms with E-state index in [2.05, 4.69) is 17.4 Å². The third-order valence-corrected chi connectivity index (χ3v) is 6.24. The van der Waals surface area contributed by atoms with E-state index in [-0.39, 0.29) is 30.2 Å². The summed E-state index contributed by atoms with van der Waals surface area (Å²) in [5.41, 5.74) is 4.80. The summed E-state index contributed by atoms with van der Waals surface area (Å²) in [4.78, 5) is 54.5. The van der Waals surface area contributed by atoms with Crippen molar-refractivity contribution in [3.8, 4) is 11.1 Å². The molecule has 1 heterocycles. The Morgan fingerprint density at radius 1 is 0.829 bits per heavy atom. The van der Waals surface area contributed by atoms with Gasteiger partial charge in [0.25, 0.3) is 11.8 Å². The van der Waals surface area contributed by atoms with Crippen LogP contribution in [0.5, 0.6) is 0 Å². The van der Waals surface area contributed by atoms with Crippen molar-refractivity contribution >= 4 is 23.9 Å². The van der Waals surface area contributed by atoms with Crippen molar-refractivity contribution in [2.45, 2.75) is 12.8 Å². The van der Waals surface area contributed by atoms with Crippen LogP contribution in [0.2, 0.25) is 0 Å². The molecule has 8 nitrogen and oxygen atoms in total. The lowest BCUT2D eigenvalue weighted by molar-refractivity contribution is -0.172. The molecule has 176 valence electrons. The van der Waals surface area contributed by atoms with Crippen LogP contribution in [0.15, 0.2) is 72.8 Å². The van der Waals surface area contributed by atoms with E-state index in [1.807, 2.05) is 36.4 Å². The van der Waals surface area contributed by atoms with Crippen LogP contribution in [0.4, 0.5) is 4.79 Å². The standard InChI is InChI=1S/C27H22N2O6/c1-16(26(32)35-29-24(30)21-12-6-7-13-22(21)25(29)31)14-28-27(33)34-15-23-19-10-4-2-8-17(19)18-9-3-5-11-20(18)23/h2-13,16,23H,14-15H2,1H3,(H,28,33). The Morgan fingerprint density at radius 2 is 1.31 bits per heavy atom. The number of ether oxygens (including phenoxy) is 1. The van der Waals surface area contributed by atoms with Gasteiger partial charge in [0.05, 0.1) is 17.0 Å². The SMILES string of the molecule is CC(CNC(=O)OCC1c2ccccc2-c2ccccc21)C(=O)ON1C(=O)c2ccccc2C1=O. The van der Waals surface area contributed by atoms with Gasteiger partial charge in [-0.15, -0.1) is 0 Å². The van der Waals surface area contributed by atoms with E-state index in [4.69, 9.17) is 9.57 Å². The summed E-state index contributed by atoms with van der Waals surface area (Å²) in [5, 5.41) is 3.00. The van der Waals surface area contributed by atoms with Gasteiger partial charge >= 0.3 is 12.1 Å². The molecule has 1 atom stereocenters. The average Bonchev–Trinajstić information content (AvgIpc) is 3.33. The Bertz CT molecular complexity index is 1270. The van der Waals surface area contributed by atoms with E-state index in [9.17, 15) is 19.2 Å². The van der Waals surface area contributed by atoms with Gasteiger partial charge in [0.15, 0.2) is 0 Å². The molecule has 3 aromatic rings. The van der Waals surface area contributed by atoms with E-state index >= 15 is 0 Å². The molecule has 1 aliphatic heterocycles. The number of carbonyl (C=O) groups excluding carboxylic acids is 4. The van der Waals surface area contributed by atoms with Crippen LogP contribution in [-0.4, -0.2) is 42.1 Å². The molecule has 0 saturated heterocycles. The van der Waals surface area contributed by atoms with E-state index in [0.29, 0.717) is 5.06 Å². The number of nitrogens with one attached hydrogen (secondary N) is 1. The molecule has 8 heteroatoms. The molecule has 1 aliphatic carbocycles. The Labute approximate surface area is 201 Å². The first kappa shape index (κ1) is 22.3. The molecule has 0 bridgehead atoms. The molecular formula is C27H22N2O6. The van der Waals surface area contributed by atoms with Crippen LogP contribution in [-0.2, 0) is 14.4 Å². The fourth-order valence-corrected chi connectivity index (χ4v) is 4.40. The Morgan fingerprint density at radius 3 is 1.86 bits per heavy atom. The first-order valence-electron chi connectivity index (χ1n) is 11.2. The second-order valence-electron chi connectivity index (χ2n) is 8.47. The van der Waals surface area contributed by atoms with Crippen molar-refractivity contribution in [3.63, 3.8) is 0 Å². The summed E-state index contributed by atoms with van der Waals surface area (Å²) in [7, 11) is 0. The third-order valence-electron chi connectivity index (χ3n) is 6.24. The van der Waals surface area contributed by atoms with Crippen molar-refractivity contribution in [1.29, 1.82) is 0 Å². The first-order valence-corrected chi connectivity index (χ1v) is 11.2. The molecule has 35 heavy (non-hydrogen) atoms. The van der Waals surface area contributed by atoms with Crippen molar-refractivity contribution in [1.82, 2.24) is 10.4 Å². The molecular weight excluding hydrogens is 448 g/mol. The maximum absolute atomic E-state index is 12.4. The minimum atomic E-state index is -0.821. The van der Waals surface area contributed by atoms with Crippen LogP contribution in [0.3, 0.4) is 0 Å². The van der Waals surface area contributed by atoms with Crippen LogP contribution in [0.25, 0.3) is 11.1 Å². The van der Waals surface area contributed by atoms with Gasteiger partial charge in [0.1, 0.15) is 6.61 Å².